The van der Waals surface area contributed by atoms with Crippen LogP contribution in [0, 0.1) is 6.92 Å². The molecular weight excluding hydrogens is 284 g/mol. The smallest absolute Gasteiger partial charge is 0.387 e. The minimum absolute atomic E-state index is 0.0186. The minimum Gasteiger partial charge on any atom is -0.434 e. The van der Waals surface area contributed by atoms with Crippen LogP contribution in [0.3, 0.4) is 0 Å². The first-order chi connectivity index (χ1) is 10.0. The predicted octanol–water partition coefficient (Wildman–Crippen LogP) is 2.91. The third kappa shape index (κ3) is 4.44. The largest absolute Gasteiger partial charge is 0.434 e. The Kier molecular flexibility index (Phi) is 4.70. The van der Waals surface area contributed by atoms with Gasteiger partial charge >= 0.3 is 12.6 Å². The van der Waals surface area contributed by atoms with Crippen LogP contribution in [0.4, 0.5) is 19.4 Å². The van der Waals surface area contributed by atoms with Gasteiger partial charge in [0.25, 0.3) is 0 Å². The maximum atomic E-state index is 12.2. The topological polar surface area (TPSA) is 76.4 Å². The van der Waals surface area contributed by atoms with Crippen LogP contribution in [-0.4, -0.2) is 17.8 Å². The van der Waals surface area contributed by atoms with Crippen LogP contribution >= 0.6 is 0 Å². The van der Waals surface area contributed by atoms with Crippen LogP contribution in [-0.2, 0) is 6.54 Å². The van der Waals surface area contributed by atoms with Gasteiger partial charge < -0.3 is 14.6 Å². The van der Waals surface area contributed by atoms with Crippen molar-refractivity contribution in [3.05, 3.63) is 41.7 Å². The Morgan fingerprint density at radius 3 is 2.86 bits per heavy atom. The number of hydrogen-bond acceptors (Lipinski definition) is 4. The fourth-order valence-electron chi connectivity index (χ4n) is 1.62. The SMILES string of the molecule is Cc1cc(NC(=O)NCc2ccccc2OC(F)F)no1. The van der Waals surface area contributed by atoms with Gasteiger partial charge in [-0.2, -0.15) is 8.78 Å². The zero-order valence-corrected chi connectivity index (χ0v) is 11.1. The minimum atomic E-state index is -2.92. The molecule has 0 saturated carbocycles. The number of nitrogens with zero attached hydrogens (tertiary/aromatic N) is 1. The predicted molar refractivity (Wildman–Crippen MR) is 70.2 cm³/mol. The molecule has 0 fully saturated rings. The first kappa shape index (κ1) is 14.8. The number of alkyl halides is 2. The van der Waals surface area contributed by atoms with Crippen molar-refractivity contribution in [3.63, 3.8) is 0 Å². The molecule has 2 rings (SSSR count). The fourth-order valence-corrected chi connectivity index (χ4v) is 1.62. The van der Waals surface area contributed by atoms with Crippen molar-refractivity contribution in [1.82, 2.24) is 10.5 Å². The number of ether oxygens (including phenoxy) is 1. The summed E-state index contributed by atoms with van der Waals surface area (Å²) >= 11 is 0. The molecule has 2 aromatic rings. The number of rotatable bonds is 5. The number of anilines is 1. The Balaban J connectivity index is 1.92. The van der Waals surface area contributed by atoms with Crippen LogP contribution in [0.15, 0.2) is 34.9 Å². The van der Waals surface area contributed by atoms with Gasteiger partial charge in [-0.1, -0.05) is 23.4 Å². The highest BCUT2D eigenvalue weighted by molar-refractivity contribution is 5.88. The molecule has 112 valence electrons. The molecule has 21 heavy (non-hydrogen) atoms. The van der Waals surface area contributed by atoms with E-state index in [0.717, 1.165) is 0 Å². The quantitative estimate of drug-likeness (QED) is 0.889. The lowest BCUT2D eigenvalue weighted by molar-refractivity contribution is -0.0504. The van der Waals surface area contributed by atoms with Crippen molar-refractivity contribution in [2.24, 2.45) is 0 Å². The summed E-state index contributed by atoms with van der Waals surface area (Å²) in [5, 5.41) is 8.56. The molecule has 0 saturated heterocycles. The maximum Gasteiger partial charge on any atom is 0.387 e. The molecule has 0 radical (unpaired) electrons. The first-order valence-corrected chi connectivity index (χ1v) is 6.05. The number of aryl methyl sites for hydroxylation is 1. The molecule has 0 aliphatic heterocycles. The van der Waals surface area contributed by atoms with Crippen LogP contribution in [0.1, 0.15) is 11.3 Å². The molecule has 2 N–H and O–H groups in total. The van der Waals surface area contributed by atoms with E-state index in [1.54, 1.807) is 31.2 Å². The van der Waals surface area contributed by atoms with Crippen LogP contribution < -0.4 is 15.4 Å². The molecule has 6 nitrogen and oxygen atoms in total. The summed E-state index contributed by atoms with van der Waals surface area (Å²) in [6, 6.07) is 7.23. The van der Waals surface area contributed by atoms with Gasteiger partial charge in [-0.25, -0.2) is 4.79 Å². The second kappa shape index (κ2) is 6.69. The number of aromatic nitrogens is 1. The molecule has 1 aromatic heterocycles. The fraction of sp³-hybridized carbons (Fsp3) is 0.231. The van der Waals surface area contributed by atoms with Gasteiger partial charge in [-0.3, -0.25) is 5.32 Å². The van der Waals surface area contributed by atoms with Gasteiger partial charge in [0.15, 0.2) is 5.82 Å². The Labute approximate surface area is 119 Å². The molecule has 0 atom stereocenters. The maximum absolute atomic E-state index is 12.2. The van der Waals surface area contributed by atoms with E-state index in [-0.39, 0.29) is 18.1 Å². The number of benzene rings is 1. The number of para-hydroxylation sites is 1. The molecule has 1 aromatic carbocycles. The van der Waals surface area contributed by atoms with E-state index in [9.17, 15) is 13.6 Å². The monoisotopic (exact) mass is 297 g/mol. The molecule has 2 amide bonds. The second-order valence-electron chi connectivity index (χ2n) is 4.12. The summed E-state index contributed by atoms with van der Waals surface area (Å²) < 4.78 is 33.7. The van der Waals surface area contributed by atoms with Crippen LogP contribution in [0.2, 0.25) is 0 Å². The third-order valence-electron chi connectivity index (χ3n) is 2.50. The number of nitrogens with one attached hydrogen (secondary N) is 2. The zero-order valence-electron chi connectivity index (χ0n) is 11.1. The Bertz CT molecular complexity index is 616. The summed E-state index contributed by atoms with van der Waals surface area (Å²) in [4.78, 5) is 11.6. The average molecular weight is 297 g/mol. The lowest BCUT2D eigenvalue weighted by Crippen LogP contribution is -2.28. The summed E-state index contributed by atoms with van der Waals surface area (Å²) in [5.41, 5.74) is 0.435. The zero-order chi connectivity index (χ0) is 15.2. The van der Waals surface area contributed by atoms with Gasteiger partial charge in [0.2, 0.25) is 0 Å². The molecule has 0 spiro atoms. The van der Waals surface area contributed by atoms with E-state index >= 15 is 0 Å². The molecule has 0 bridgehead atoms. The number of carbonyl (C=O) groups is 1. The summed E-state index contributed by atoms with van der Waals surface area (Å²) in [7, 11) is 0. The van der Waals surface area contributed by atoms with Gasteiger partial charge in [0.05, 0.1) is 0 Å². The molecular formula is C13H13F2N3O3. The third-order valence-corrected chi connectivity index (χ3v) is 2.50. The highest BCUT2D eigenvalue weighted by atomic mass is 19.3. The van der Waals surface area contributed by atoms with Gasteiger partial charge in [-0.15, -0.1) is 0 Å². The van der Waals surface area contributed by atoms with Gasteiger partial charge in [0, 0.05) is 18.2 Å². The number of hydrogen-bond donors (Lipinski definition) is 2. The van der Waals surface area contributed by atoms with E-state index in [2.05, 4.69) is 20.5 Å². The van der Waals surface area contributed by atoms with Crippen LogP contribution in [0.25, 0.3) is 0 Å². The molecule has 0 unspecified atom stereocenters. The lowest BCUT2D eigenvalue weighted by atomic mass is 10.2. The number of carbonyl (C=O) groups excluding carboxylic acids is 1. The van der Waals surface area contributed by atoms with E-state index in [1.807, 2.05) is 0 Å². The summed E-state index contributed by atoms with van der Waals surface area (Å²) in [5.74, 6) is 0.841. The van der Waals surface area contributed by atoms with Gasteiger partial charge in [-0.05, 0) is 13.0 Å². The lowest BCUT2D eigenvalue weighted by Gasteiger charge is -2.11. The molecule has 1 heterocycles. The molecule has 0 aliphatic carbocycles. The van der Waals surface area contributed by atoms with E-state index in [0.29, 0.717) is 11.3 Å². The van der Waals surface area contributed by atoms with Crippen molar-refractivity contribution >= 4 is 11.8 Å². The van der Waals surface area contributed by atoms with Crippen LogP contribution in [0.5, 0.6) is 5.75 Å². The second-order valence-corrected chi connectivity index (χ2v) is 4.12. The van der Waals surface area contributed by atoms with Crippen molar-refractivity contribution in [2.75, 3.05) is 5.32 Å². The van der Waals surface area contributed by atoms with Crippen molar-refractivity contribution < 1.29 is 22.8 Å². The first-order valence-electron chi connectivity index (χ1n) is 6.05. The average Bonchev–Trinajstić information content (AvgIpc) is 2.82. The van der Waals surface area contributed by atoms with E-state index in [1.165, 1.54) is 6.07 Å². The number of amides is 2. The standard InChI is InChI=1S/C13H13F2N3O3/c1-8-6-11(18-21-8)17-13(19)16-7-9-4-2-3-5-10(9)20-12(14)15/h2-6,12H,7H2,1H3,(H2,16,17,18,19). The van der Waals surface area contributed by atoms with Crippen molar-refractivity contribution in [1.29, 1.82) is 0 Å². The summed E-state index contributed by atoms with van der Waals surface area (Å²) in [6.45, 7) is -1.20. The number of urea groups is 1. The molecule has 8 heteroatoms. The van der Waals surface area contributed by atoms with Crippen molar-refractivity contribution in [2.45, 2.75) is 20.1 Å². The highest BCUT2D eigenvalue weighted by Crippen LogP contribution is 2.20. The van der Waals surface area contributed by atoms with E-state index in [4.69, 9.17) is 4.52 Å². The Morgan fingerprint density at radius 1 is 1.43 bits per heavy atom. The molecule has 0 aliphatic rings. The van der Waals surface area contributed by atoms with E-state index < -0.39 is 12.6 Å². The highest BCUT2D eigenvalue weighted by Gasteiger charge is 2.10. The Morgan fingerprint density at radius 2 is 2.19 bits per heavy atom. The van der Waals surface area contributed by atoms with Gasteiger partial charge in [0.1, 0.15) is 11.5 Å². The Hall–Kier alpha value is -2.64. The normalized spacial score (nSPS) is 10.5. The van der Waals surface area contributed by atoms with Crippen molar-refractivity contribution in [3.8, 4) is 5.75 Å². The number of halogens is 2. The summed E-state index contributed by atoms with van der Waals surface area (Å²) in [6.07, 6.45) is 0.